The molecule has 9 rings (SSSR count). The van der Waals surface area contributed by atoms with Gasteiger partial charge in [0, 0.05) is 115 Å². The molecule has 0 aromatic carbocycles. The van der Waals surface area contributed by atoms with Gasteiger partial charge in [-0.1, -0.05) is 69.2 Å². The number of hydrogen-bond acceptors (Lipinski definition) is 14. The fraction of sp³-hybridized carbons (Fsp3) is 0.912. The first-order valence-corrected chi connectivity index (χ1v) is 33.7. The van der Waals surface area contributed by atoms with Crippen LogP contribution < -0.4 is 0 Å². The van der Waals surface area contributed by atoms with Gasteiger partial charge in [0.15, 0.2) is 0 Å². The third kappa shape index (κ3) is 12.0. The maximum atomic E-state index is 13.5. The summed E-state index contributed by atoms with van der Waals surface area (Å²) in [7, 11) is 0. The van der Waals surface area contributed by atoms with Crippen LogP contribution in [-0.2, 0) is 67.3 Å². The van der Waals surface area contributed by atoms with E-state index in [1.807, 2.05) is 9.80 Å². The molecule has 1 heterocycles. The van der Waals surface area contributed by atoms with Crippen LogP contribution in [-0.4, -0.2) is 108 Å². The minimum atomic E-state index is -1.20. The van der Waals surface area contributed by atoms with Crippen molar-refractivity contribution in [1.82, 2.24) is 9.80 Å². The average Bonchev–Trinajstić information content (AvgIpc) is 1.27. The Kier molecular flexibility index (Phi) is 19.9. The lowest BCUT2D eigenvalue weighted by molar-refractivity contribution is -0.667. The van der Waals surface area contributed by atoms with E-state index in [4.69, 9.17) is 38.5 Å². The molecule has 20 atom stereocenters. The molecule has 84 heavy (non-hydrogen) atoms. The summed E-state index contributed by atoms with van der Waals surface area (Å²) in [5.74, 6) is -1.68. The maximum Gasteiger partial charge on any atom is 0.302 e. The van der Waals surface area contributed by atoms with E-state index in [0.29, 0.717) is 64.2 Å². The number of ether oxygens (including phenoxy) is 4. The Morgan fingerprint density at radius 1 is 0.464 bits per heavy atom. The summed E-state index contributed by atoms with van der Waals surface area (Å²) >= 11 is 0. The zero-order valence-corrected chi connectivity index (χ0v) is 54.2. The van der Waals surface area contributed by atoms with Gasteiger partial charge < -0.3 is 28.7 Å². The van der Waals surface area contributed by atoms with E-state index >= 15 is 0 Å². The molecule has 0 aromatic rings. The van der Waals surface area contributed by atoms with Crippen molar-refractivity contribution >= 4 is 35.7 Å². The Morgan fingerprint density at radius 3 is 1.11 bits per heavy atom. The topological polar surface area (TPSA) is 183 Å². The van der Waals surface area contributed by atoms with Crippen LogP contribution in [0.4, 0.5) is 0 Å². The van der Waals surface area contributed by atoms with Gasteiger partial charge in [0.1, 0.15) is 24.4 Å². The van der Waals surface area contributed by atoms with Crippen LogP contribution in [0, 0.1) is 92.7 Å². The summed E-state index contributed by atoms with van der Waals surface area (Å²) in [6, 6.07) is 0. The predicted molar refractivity (Wildman–Crippen MR) is 315 cm³/mol. The normalized spacial score (nSPS) is 42.6. The highest BCUT2D eigenvalue weighted by molar-refractivity contribution is 5.76. The molecule has 476 valence electrons. The maximum absolute atomic E-state index is 13.5. The zero-order chi connectivity index (χ0) is 60.9. The minimum absolute atomic E-state index is 0.00376. The lowest BCUT2D eigenvalue weighted by atomic mass is 9.42. The molecule has 8 unspecified atom stereocenters. The van der Waals surface area contributed by atoms with Gasteiger partial charge in [-0.15, -0.1) is 0 Å². The molecule has 8 aliphatic carbocycles. The van der Waals surface area contributed by atoms with Gasteiger partial charge in [0.2, 0.25) is 23.4 Å². The Bertz CT molecular complexity index is 2200. The molecule has 0 aromatic heterocycles. The molecule has 0 bridgehead atoms. The lowest BCUT2D eigenvalue weighted by Gasteiger charge is -2.66. The molecule has 1 aliphatic heterocycles. The number of carbonyl (C=O) groups is 6. The lowest BCUT2D eigenvalue weighted by Crippen LogP contribution is -2.66. The molecule has 16 heteroatoms. The van der Waals surface area contributed by atoms with Gasteiger partial charge in [-0.2, -0.15) is 19.6 Å². The van der Waals surface area contributed by atoms with Crippen molar-refractivity contribution in [2.45, 2.75) is 274 Å². The summed E-state index contributed by atoms with van der Waals surface area (Å²) in [5.41, 5.74) is -1.20. The van der Waals surface area contributed by atoms with Gasteiger partial charge in [-0.25, -0.2) is 0 Å². The summed E-state index contributed by atoms with van der Waals surface area (Å²) in [6.07, 6.45) is 14.7. The van der Waals surface area contributed by atoms with Crippen molar-refractivity contribution in [3.8, 4) is 0 Å². The van der Waals surface area contributed by atoms with Gasteiger partial charge in [-0.05, 0) is 173 Å². The number of fused-ring (bicyclic) bond motifs is 10. The van der Waals surface area contributed by atoms with E-state index in [1.54, 1.807) is 0 Å². The van der Waals surface area contributed by atoms with Crippen molar-refractivity contribution in [2.24, 2.45) is 92.7 Å². The first kappa shape index (κ1) is 65.1. The third-order valence-corrected chi connectivity index (χ3v) is 25.2. The van der Waals surface area contributed by atoms with Crippen LogP contribution in [0.2, 0.25) is 0 Å². The third-order valence-electron chi connectivity index (χ3n) is 25.2. The highest BCUT2D eigenvalue weighted by atomic mass is 17.4. The smallest absolute Gasteiger partial charge is 0.302 e. The first-order valence-electron chi connectivity index (χ1n) is 33.7. The monoisotopic (exact) mass is 1180 g/mol. The van der Waals surface area contributed by atoms with E-state index in [1.165, 1.54) is 27.7 Å². The quantitative estimate of drug-likeness (QED) is 0.0637. The van der Waals surface area contributed by atoms with Crippen LogP contribution in [0.3, 0.4) is 0 Å². The van der Waals surface area contributed by atoms with Crippen LogP contribution >= 0.6 is 0 Å². The molecule has 1 saturated heterocycles. The highest BCUT2D eigenvalue weighted by Crippen LogP contribution is 2.73. The summed E-state index contributed by atoms with van der Waals surface area (Å²) in [6.45, 7) is 31.6. The fourth-order valence-electron chi connectivity index (χ4n) is 21.4. The highest BCUT2D eigenvalue weighted by Gasteiger charge is 2.72. The Balaban J connectivity index is 0.904. The largest absolute Gasteiger partial charge is 0.462 e. The molecule has 0 N–H and O–H groups in total. The standard InChI is InChI=1S/C68H110N2O14/c1-15-31-69(32-16-2)59(75)25-19-41(5)49-21-23-51-61-53(37-57(65(49,51)13)79-45(9)73)63(11)27-29-67(39-47(63)35-55(61)77-43(7)71)81-83-68(84-82-67)30-28-64(12)48(40-68)36-56(78-44(8)72)62-52-24-22-50(66(52,14)58(38-54(62)64)80-46(10)74)42(6)20-26-60(76)70(33-17-3)34-18-4/h41-42,47-58,61-62H,15-40H2,1-14H3/t41?,42?,47-,48-,49-,50-,51?,52?,53?,54?,55-,56-,57+,58+,61?,62?,63+,64+,65-,66-,67?,68?/m1/s1. The second kappa shape index (κ2) is 25.6. The first-order chi connectivity index (χ1) is 39.8. The number of hydrogen-bond donors (Lipinski definition) is 0. The molecule has 0 radical (unpaired) electrons. The van der Waals surface area contributed by atoms with Gasteiger partial charge >= 0.3 is 23.9 Å². The number of nitrogens with zero attached hydrogens (tertiary/aromatic N) is 2. The van der Waals surface area contributed by atoms with E-state index < -0.39 is 11.6 Å². The van der Waals surface area contributed by atoms with Crippen molar-refractivity contribution < 1.29 is 67.3 Å². The van der Waals surface area contributed by atoms with Gasteiger partial charge in [0.25, 0.3) is 0 Å². The van der Waals surface area contributed by atoms with Crippen molar-refractivity contribution in [3.05, 3.63) is 0 Å². The van der Waals surface area contributed by atoms with E-state index in [2.05, 4.69) is 69.2 Å². The summed E-state index contributed by atoms with van der Waals surface area (Å²) in [5, 5.41) is 0. The number of esters is 4. The van der Waals surface area contributed by atoms with Crippen LogP contribution in [0.25, 0.3) is 0 Å². The summed E-state index contributed by atoms with van der Waals surface area (Å²) < 4.78 is 25.9. The molecular weight excluding hydrogens is 1070 g/mol. The van der Waals surface area contributed by atoms with Gasteiger partial charge in [0.05, 0.1) is 0 Å². The van der Waals surface area contributed by atoms with Crippen molar-refractivity contribution in [2.75, 3.05) is 26.2 Å². The summed E-state index contributed by atoms with van der Waals surface area (Å²) in [4.78, 5) is 110. The molecular formula is C68H110N2O14. The molecule has 2 spiro atoms. The molecule has 9 aliphatic rings. The number of carbonyl (C=O) groups excluding carboxylic acids is 6. The van der Waals surface area contributed by atoms with Crippen LogP contribution in [0.15, 0.2) is 0 Å². The number of rotatable bonds is 20. The molecule has 16 nitrogen and oxygen atoms in total. The Hall–Kier alpha value is -3.34. The van der Waals surface area contributed by atoms with Gasteiger partial charge in [-0.3, -0.25) is 28.8 Å². The van der Waals surface area contributed by atoms with Crippen LogP contribution in [0.1, 0.15) is 238 Å². The molecule has 2 amide bonds. The van der Waals surface area contributed by atoms with E-state index in [-0.39, 0.29) is 153 Å². The second-order valence-electron chi connectivity index (χ2n) is 29.9. The zero-order valence-electron chi connectivity index (χ0n) is 54.2. The van der Waals surface area contributed by atoms with Crippen molar-refractivity contribution in [3.63, 3.8) is 0 Å². The minimum Gasteiger partial charge on any atom is -0.462 e. The van der Waals surface area contributed by atoms with E-state index in [9.17, 15) is 28.8 Å². The second-order valence-corrected chi connectivity index (χ2v) is 29.9. The van der Waals surface area contributed by atoms with Crippen LogP contribution in [0.5, 0.6) is 0 Å². The fourth-order valence-corrected chi connectivity index (χ4v) is 21.4. The Labute approximate surface area is 503 Å². The Morgan fingerprint density at radius 2 is 0.798 bits per heavy atom. The predicted octanol–water partition coefficient (Wildman–Crippen LogP) is 12.9. The number of amides is 2. The molecule has 9 fully saturated rings. The molecule has 8 saturated carbocycles. The van der Waals surface area contributed by atoms with Crippen molar-refractivity contribution in [1.29, 1.82) is 0 Å². The average molecular weight is 1180 g/mol. The van der Waals surface area contributed by atoms with E-state index in [0.717, 1.165) is 103 Å². The SMILES string of the molecule is CCCN(CCC)C(=O)CCC(C)[C@H]1CCC2C3C(C[C@H](OC(C)=O)[C@@]21C)[C@@]1(C)CCC2(C[C@H]1C[C@H]3OC(C)=O)OOC1(CC[C@]3(C)C4C[C@H](OC(C)=O)[C@@]5(C)C(CC[C@@H]5C(C)CCC(=O)N(CCC)CCC)C4[C@H](OC(C)=O)C[C@@H]3C1)OO2.